The molecule has 2 aromatic rings. The molecular formula is C26H35ClFN3. The molecule has 0 radical (unpaired) electrons. The molecule has 4 saturated carbocycles. The fourth-order valence-electron chi connectivity index (χ4n) is 7.22. The van der Waals surface area contributed by atoms with E-state index in [1.807, 2.05) is 6.07 Å². The third-order valence-electron chi connectivity index (χ3n) is 8.16. The molecule has 1 atom stereocenters. The van der Waals surface area contributed by atoms with Gasteiger partial charge in [-0.15, -0.1) is 0 Å². The van der Waals surface area contributed by atoms with Crippen molar-refractivity contribution in [3.63, 3.8) is 0 Å². The summed E-state index contributed by atoms with van der Waals surface area (Å²) in [6.07, 6.45) is 13.8. The second kappa shape index (κ2) is 8.86. The van der Waals surface area contributed by atoms with E-state index < -0.39 is 0 Å². The third-order valence-corrected chi connectivity index (χ3v) is 8.40. The fourth-order valence-corrected chi connectivity index (χ4v) is 7.38. The maximum atomic E-state index is 14.4. The van der Waals surface area contributed by atoms with Crippen LogP contribution in [0.15, 0.2) is 24.4 Å². The lowest BCUT2D eigenvalue weighted by Crippen LogP contribution is -2.47. The Labute approximate surface area is 190 Å². The van der Waals surface area contributed by atoms with E-state index in [-0.39, 0.29) is 11.9 Å². The number of aromatic nitrogens is 1. The summed E-state index contributed by atoms with van der Waals surface area (Å²) in [5.74, 6) is 2.81. The van der Waals surface area contributed by atoms with Crippen molar-refractivity contribution in [2.75, 3.05) is 18.4 Å². The van der Waals surface area contributed by atoms with Crippen molar-refractivity contribution in [3.8, 4) is 0 Å². The molecular weight excluding hydrogens is 409 g/mol. The molecule has 4 aliphatic rings. The van der Waals surface area contributed by atoms with E-state index in [0.29, 0.717) is 16.1 Å². The van der Waals surface area contributed by atoms with E-state index in [1.165, 1.54) is 51.1 Å². The van der Waals surface area contributed by atoms with Crippen LogP contribution in [0.25, 0.3) is 10.9 Å². The highest BCUT2D eigenvalue weighted by atomic mass is 35.5. The molecule has 1 heterocycles. The first-order valence-electron chi connectivity index (χ1n) is 12.2. The number of rotatable bonds is 9. The molecule has 1 aromatic heterocycles. The lowest BCUT2D eigenvalue weighted by atomic mass is 9.49. The second-order valence-corrected chi connectivity index (χ2v) is 11.2. The first-order chi connectivity index (χ1) is 15.0. The van der Waals surface area contributed by atoms with Gasteiger partial charge in [-0.05, 0) is 119 Å². The molecule has 4 aliphatic carbocycles. The predicted molar refractivity (Wildman–Crippen MR) is 127 cm³/mol. The summed E-state index contributed by atoms with van der Waals surface area (Å²) in [6.45, 7) is 4.31. The van der Waals surface area contributed by atoms with E-state index in [2.05, 4.69) is 22.5 Å². The van der Waals surface area contributed by atoms with Gasteiger partial charge in [0.1, 0.15) is 0 Å². The van der Waals surface area contributed by atoms with Gasteiger partial charge in [-0.2, -0.15) is 0 Å². The first kappa shape index (κ1) is 21.5. The molecule has 31 heavy (non-hydrogen) atoms. The second-order valence-electron chi connectivity index (χ2n) is 10.7. The van der Waals surface area contributed by atoms with Crippen LogP contribution in [0.1, 0.15) is 64.7 Å². The van der Waals surface area contributed by atoms with Gasteiger partial charge < -0.3 is 10.6 Å². The Bertz CT molecular complexity index is 895. The Balaban J connectivity index is 1.06. The molecule has 0 saturated heterocycles. The van der Waals surface area contributed by atoms with Crippen LogP contribution < -0.4 is 10.6 Å². The SMILES string of the molecule is CC(CCCNCCC12CC3CC(CC(C3)C1)C2)Nc1c(F)cnc2cc(Cl)ccc12. The number of anilines is 1. The van der Waals surface area contributed by atoms with E-state index in [1.54, 1.807) is 12.1 Å². The highest BCUT2D eigenvalue weighted by Crippen LogP contribution is 2.61. The Hall–Kier alpha value is -1.39. The smallest absolute Gasteiger partial charge is 0.165 e. The molecule has 1 unspecified atom stereocenters. The van der Waals surface area contributed by atoms with Crippen molar-refractivity contribution in [1.29, 1.82) is 0 Å². The molecule has 5 heteroatoms. The summed E-state index contributed by atoms with van der Waals surface area (Å²) in [7, 11) is 0. The van der Waals surface area contributed by atoms with E-state index in [9.17, 15) is 4.39 Å². The minimum atomic E-state index is -0.310. The van der Waals surface area contributed by atoms with Crippen molar-refractivity contribution < 1.29 is 4.39 Å². The van der Waals surface area contributed by atoms with Gasteiger partial charge in [0, 0.05) is 16.5 Å². The highest BCUT2D eigenvalue weighted by molar-refractivity contribution is 6.31. The number of hydrogen-bond donors (Lipinski definition) is 2. The average Bonchev–Trinajstić information content (AvgIpc) is 2.71. The summed E-state index contributed by atoms with van der Waals surface area (Å²) in [5, 5.41) is 8.47. The summed E-state index contributed by atoms with van der Waals surface area (Å²) in [5.41, 5.74) is 1.92. The maximum absolute atomic E-state index is 14.4. The lowest BCUT2D eigenvalue weighted by molar-refractivity contribution is -0.0567. The molecule has 1 aromatic carbocycles. The number of halogens is 2. The van der Waals surface area contributed by atoms with Gasteiger partial charge in [-0.25, -0.2) is 4.39 Å². The van der Waals surface area contributed by atoms with Gasteiger partial charge >= 0.3 is 0 Å². The standard InChI is InChI=1S/C26H35ClFN3/c1-17(31-25-22-5-4-21(27)12-24(22)30-16-23(25)28)3-2-7-29-8-6-26-13-18-9-19(14-26)11-20(10-18)15-26/h4-5,12,16-20,29H,2-3,6-11,13-15H2,1H3,(H,30,31). The van der Waals surface area contributed by atoms with Gasteiger partial charge in [-0.3, -0.25) is 4.98 Å². The zero-order valence-corrected chi connectivity index (χ0v) is 19.4. The van der Waals surface area contributed by atoms with E-state index in [0.717, 1.165) is 54.6 Å². The minimum Gasteiger partial charge on any atom is -0.380 e. The summed E-state index contributed by atoms with van der Waals surface area (Å²) in [6, 6.07) is 5.60. The van der Waals surface area contributed by atoms with Crippen LogP contribution in [0.3, 0.4) is 0 Å². The summed E-state index contributed by atoms with van der Waals surface area (Å²) in [4.78, 5) is 4.16. The highest BCUT2D eigenvalue weighted by Gasteiger charge is 2.50. The normalized spacial score (nSPS) is 30.1. The van der Waals surface area contributed by atoms with Crippen molar-refractivity contribution in [2.45, 2.75) is 70.8 Å². The van der Waals surface area contributed by atoms with Crippen LogP contribution in [0, 0.1) is 29.0 Å². The Kier molecular flexibility index (Phi) is 6.13. The van der Waals surface area contributed by atoms with Crippen molar-refractivity contribution >= 4 is 28.2 Å². The predicted octanol–water partition coefficient (Wildman–Crippen LogP) is 6.80. The number of benzene rings is 1. The van der Waals surface area contributed by atoms with Crippen molar-refractivity contribution in [1.82, 2.24) is 10.3 Å². The van der Waals surface area contributed by atoms with E-state index in [4.69, 9.17) is 11.6 Å². The summed E-state index contributed by atoms with van der Waals surface area (Å²) >= 11 is 6.05. The molecule has 0 spiro atoms. The quantitative estimate of drug-likeness (QED) is 0.418. The van der Waals surface area contributed by atoms with Crippen LogP contribution >= 0.6 is 11.6 Å². The molecule has 4 fully saturated rings. The first-order valence-corrected chi connectivity index (χ1v) is 12.6. The maximum Gasteiger partial charge on any atom is 0.165 e. The van der Waals surface area contributed by atoms with Crippen LogP contribution in [0.5, 0.6) is 0 Å². The Morgan fingerprint density at radius 1 is 1.13 bits per heavy atom. The third kappa shape index (κ3) is 4.71. The van der Waals surface area contributed by atoms with Crippen molar-refractivity contribution in [3.05, 3.63) is 35.2 Å². The van der Waals surface area contributed by atoms with Gasteiger partial charge in [0.25, 0.3) is 0 Å². The van der Waals surface area contributed by atoms with Gasteiger partial charge in [0.05, 0.1) is 17.4 Å². The van der Waals surface area contributed by atoms with Crippen LogP contribution in [-0.2, 0) is 0 Å². The largest absolute Gasteiger partial charge is 0.380 e. The Morgan fingerprint density at radius 3 is 2.55 bits per heavy atom. The molecule has 2 N–H and O–H groups in total. The molecule has 3 nitrogen and oxygen atoms in total. The van der Waals surface area contributed by atoms with Crippen molar-refractivity contribution in [2.24, 2.45) is 23.2 Å². The lowest BCUT2D eigenvalue weighted by Gasteiger charge is -2.57. The van der Waals surface area contributed by atoms with Crippen LogP contribution in [0.2, 0.25) is 5.02 Å². The number of nitrogens with zero attached hydrogens (tertiary/aromatic N) is 1. The zero-order chi connectivity index (χ0) is 21.4. The molecule has 0 aliphatic heterocycles. The fraction of sp³-hybridized carbons (Fsp3) is 0.654. The number of fused-ring (bicyclic) bond motifs is 1. The van der Waals surface area contributed by atoms with Crippen LogP contribution in [0.4, 0.5) is 10.1 Å². The number of pyridine rings is 1. The average molecular weight is 444 g/mol. The monoisotopic (exact) mass is 443 g/mol. The topological polar surface area (TPSA) is 37.0 Å². The van der Waals surface area contributed by atoms with Gasteiger partial charge in [0.15, 0.2) is 5.82 Å². The molecule has 6 rings (SSSR count). The van der Waals surface area contributed by atoms with Crippen LogP contribution in [-0.4, -0.2) is 24.1 Å². The summed E-state index contributed by atoms with van der Waals surface area (Å²) < 4.78 is 14.4. The Morgan fingerprint density at radius 2 is 1.84 bits per heavy atom. The molecule has 0 amide bonds. The minimum absolute atomic E-state index is 0.195. The number of hydrogen-bond acceptors (Lipinski definition) is 3. The molecule has 168 valence electrons. The van der Waals surface area contributed by atoms with Gasteiger partial charge in [0.2, 0.25) is 0 Å². The van der Waals surface area contributed by atoms with E-state index >= 15 is 0 Å². The zero-order valence-electron chi connectivity index (χ0n) is 18.6. The molecule has 4 bridgehead atoms. The van der Waals surface area contributed by atoms with Gasteiger partial charge in [-0.1, -0.05) is 11.6 Å². The number of nitrogens with one attached hydrogen (secondary N) is 2.